The van der Waals surface area contributed by atoms with Crippen molar-refractivity contribution in [3.8, 4) is 22.9 Å². The summed E-state index contributed by atoms with van der Waals surface area (Å²) in [4.78, 5) is 31.3. The van der Waals surface area contributed by atoms with E-state index in [1.807, 2.05) is 13.0 Å². The maximum Gasteiger partial charge on any atom is 0.282 e. The highest BCUT2D eigenvalue weighted by Crippen LogP contribution is 2.32. The molecule has 5 aromatic rings. The third-order valence-electron chi connectivity index (χ3n) is 7.02. The fourth-order valence-corrected chi connectivity index (χ4v) is 4.79. The Labute approximate surface area is 236 Å². The second-order valence-corrected chi connectivity index (χ2v) is 9.72. The van der Waals surface area contributed by atoms with Crippen LogP contribution in [0.15, 0.2) is 83.8 Å². The Morgan fingerprint density at radius 1 is 1.05 bits per heavy atom. The van der Waals surface area contributed by atoms with Gasteiger partial charge in [0.05, 0.1) is 31.0 Å². The average Bonchev–Trinajstić information content (AvgIpc) is 3.22. The summed E-state index contributed by atoms with van der Waals surface area (Å²) in [7, 11) is 1.57. The number of hydrogen-bond donors (Lipinski definition) is 1. The van der Waals surface area contributed by atoms with Crippen LogP contribution in [0.4, 0.5) is 4.39 Å². The number of pyridine rings is 1. The van der Waals surface area contributed by atoms with Crippen LogP contribution >= 0.6 is 0 Å². The summed E-state index contributed by atoms with van der Waals surface area (Å²) in [6.07, 6.45) is 1.18. The van der Waals surface area contributed by atoms with E-state index in [-0.39, 0.29) is 24.3 Å². The highest BCUT2D eigenvalue weighted by atomic mass is 19.1. The van der Waals surface area contributed by atoms with Crippen molar-refractivity contribution in [1.82, 2.24) is 14.3 Å². The molecule has 41 heavy (non-hydrogen) atoms. The number of aromatic nitrogens is 3. The molecule has 0 saturated heterocycles. The molecule has 0 bridgehead atoms. The fraction of sp³-hybridized carbons (Fsp3) is 0.219. The quantitative estimate of drug-likeness (QED) is 0.224. The Bertz CT molecular complexity index is 1780. The van der Waals surface area contributed by atoms with Gasteiger partial charge < -0.3 is 14.6 Å². The minimum absolute atomic E-state index is 0.00756. The summed E-state index contributed by atoms with van der Waals surface area (Å²) in [5.74, 6) is -0.0233. The second kappa shape index (κ2) is 11.8. The number of Topliss-reactive ketones (excluding diaryl/α,β-unsaturated/α-hetero) is 1. The van der Waals surface area contributed by atoms with Gasteiger partial charge in [-0.2, -0.15) is 0 Å². The van der Waals surface area contributed by atoms with Crippen molar-refractivity contribution in [2.75, 3.05) is 7.11 Å². The number of fused-ring (bicyclic) bond motifs is 1. The van der Waals surface area contributed by atoms with Crippen LogP contribution in [0.25, 0.3) is 16.6 Å². The lowest BCUT2D eigenvalue weighted by Crippen LogP contribution is -2.27. The molecular weight excluding hydrogens is 525 g/mol. The lowest BCUT2D eigenvalue weighted by atomic mass is 10.0. The Morgan fingerprint density at radius 2 is 1.83 bits per heavy atom. The summed E-state index contributed by atoms with van der Waals surface area (Å²) < 4.78 is 29.3. The Morgan fingerprint density at radius 3 is 2.54 bits per heavy atom. The predicted octanol–water partition coefficient (Wildman–Crippen LogP) is 5.63. The first kappa shape index (κ1) is 27.8. The SMILES string of the molecule is CC[C@@H](O)Cn1c(C)c(C(=O)Cc2ccc(Oc3ccnc4cc(OC)ccc34)c(F)c2)c(=O)n1-c1ccccc1. The molecule has 0 aliphatic rings. The van der Waals surface area contributed by atoms with Gasteiger partial charge in [0.2, 0.25) is 0 Å². The van der Waals surface area contributed by atoms with E-state index in [1.165, 1.54) is 16.8 Å². The van der Waals surface area contributed by atoms with Gasteiger partial charge in [0.15, 0.2) is 17.3 Å². The van der Waals surface area contributed by atoms with E-state index in [1.54, 1.807) is 79.5 Å². The molecule has 0 spiro atoms. The summed E-state index contributed by atoms with van der Waals surface area (Å²) >= 11 is 0. The minimum Gasteiger partial charge on any atom is -0.497 e. The molecule has 1 atom stereocenters. The number of methoxy groups -OCH3 is 1. The van der Waals surface area contributed by atoms with Crippen molar-refractivity contribution in [3.63, 3.8) is 0 Å². The van der Waals surface area contributed by atoms with Gasteiger partial charge in [-0.25, -0.2) is 9.07 Å². The van der Waals surface area contributed by atoms with Crippen LogP contribution in [0.3, 0.4) is 0 Å². The molecule has 0 saturated carbocycles. The highest BCUT2D eigenvalue weighted by Gasteiger charge is 2.25. The second-order valence-electron chi connectivity index (χ2n) is 9.72. The number of nitrogens with zero attached hydrogens (tertiary/aromatic N) is 3. The number of aliphatic hydroxyl groups is 1. The normalized spacial score (nSPS) is 11.9. The van der Waals surface area contributed by atoms with Gasteiger partial charge in [-0.05, 0) is 61.4 Å². The van der Waals surface area contributed by atoms with E-state index in [4.69, 9.17) is 9.47 Å². The topological polar surface area (TPSA) is 95.6 Å². The first-order valence-corrected chi connectivity index (χ1v) is 13.3. The fourth-order valence-electron chi connectivity index (χ4n) is 4.79. The van der Waals surface area contributed by atoms with Crippen molar-refractivity contribution >= 4 is 16.7 Å². The molecule has 0 aliphatic heterocycles. The van der Waals surface area contributed by atoms with Crippen LogP contribution < -0.4 is 15.0 Å². The van der Waals surface area contributed by atoms with Crippen LogP contribution in [0.5, 0.6) is 17.2 Å². The standard InChI is InChI=1S/C32H30FN3O5/c1-4-23(37)19-35-20(2)31(32(39)36(35)22-8-6-5-7-9-22)28(38)17-21-10-13-30(26(33)16-21)41-29-14-15-34-27-18-24(40-3)11-12-25(27)29/h5-16,18,23,37H,4,17,19H2,1-3H3/t23-/m1/s1. The van der Waals surface area contributed by atoms with Crippen LogP contribution in [0.2, 0.25) is 0 Å². The molecule has 8 nitrogen and oxygen atoms in total. The molecular formula is C32H30FN3O5. The van der Waals surface area contributed by atoms with Crippen LogP contribution in [-0.4, -0.2) is 38.5 Å². The molecule has 0 radical (unpaired) electrons. The minimum atomic E-state index is -0.695. The zero-order valence-corrected chi connectivity index (χ0v) is 23.0. The van der Waals surface area contributed by atoms with Crippen molar-refractivity contribution < 1.29 is 23.8 Å². The predicted molar refractivity (Wildman–Crippen MR) is 154 cm³/mol. The summed E-state index contributed by atoms with van der Waals surface area (Å²) in [5, 5.41) is 11.0. The maximum atomic E-state index is 15.2. The van der Waals surface area contributed by atoms with Crippen molar-refractivity contribution in [2.24, 2.45) is 0 Å². The lowest BCUT2D eigenvalue weighted by molar-refractivity contribution is 0.0990. The molecule has 0 unspecified atom stereocenters. The maximum absolute atomic E-state index is 15.2. The van der Waals surface area contributed by atoms with Gasteiger partial charge in [0.1, 0.15) is 17.1 Å². The monoisotopic (exact) mass is 555 g/mol. The van der Waals surface area contributed by atoms with Gasteiger partial charge in [0, 0.05) is 29.8 Å². The summed E-state index contributed by atoms with van der Waals surface area (Å²) in [6, 6.07) is 20.2. The Balaban J connectivity index is 1.42. The molecule has 0 amide bonds. The van der Waals surface area contributed by atoms with Crippen LogP contribution in [0, 0.1) is 12.7 Å². The number of carbonyl (C=O) groups excluding carboxylic acids is 1. The molecule has 2 heterocycles. The molecule has 1 N–H and O–H groups in total. The number of benzene rings is 3. The Hall–Kier alpha value is -4.76. The summed E-state index contributed by atoms with van der Waals surface area (Å²) in [5.41, 5.74) is 1.59. The number of para-hydroxylation sites is 1. The number of aliphatic hydroxyl groups excluding tert-OH is 1. The van der Waals surface area contributed by atoms with E-state index in [9.17, 15) is 14.7 Å². The number of ketones is 1. The Kier molecular flexibility index (Phi) is 7.98. The van der Waals surface area contributed by atoms with Crippen molar-refractivity contribution in [1.29, 1.82) is 0 Å². The van der Waals surface area contributed by atoms with E-state index in [2.05, 4.69) is 4.98 Å². The summed E-state index contributed by atoms with van der Waals surface area (Å²) in [6.45, 7) is 3.68. The number of ether oxygens (including phenoxy) is 2. The van der Waals surface area contributed by atoms with Crippen LogP contribution in [0.1, 0.15) is 35.0 Å². The van der Waals surface area contributed by atoms with Gasteiger partial charge in [-0.1, -0.05) is 31.2 Å². The smallest absolute Gasteiger partial charge is 0.282 e. The van der Waals surface area contributed by atoms with E-state index >= 15 is 4.39 Å². The van der Waals surface area contributed by atoms with Crippen LogP contribution in [-0.2, 0) is 13.0 Å². The van der Waals surface area contributed by atoms with E-state index in [0.29, 0.717) is 45.8 Å². The van der Waals surface area contributed by atoms with Crippen molar-refractivity contribution in [3.05, 3.63) is 112 Å². The molecule has 5 rings (SSSR count). The molecule has 0 aliphatic carbocycles. The number of carbonyl (C=O) groups is 1. The van der Waals surface area contributed by atoms with Gasteiger partial charge in [-0.3, -0.25) is 19.3 Å². The third kappa shape index (κ3) is 5.62. The first-order valence-electron chi connectivity index (χ1n) is 13.3. The van der Waals surface area contributed by atoms with Crippen molar-refractivity contribution in [2.45, 2.75) is 39.3 Å². The van der Waals surface area contributed by atoms with Gasteiger partial charge in [-0.15, -0.1) is 0 Å². The molecule has 0 fully saturated rings. The molecule has 2 aromatic heterocycles. The van der Waals surface area contributed by atoms with E-state index in [0.717, 1.165) is 0 Å². The highest BCUT2D eigenvalue weighted by molar-refractivity contribution is 5.98. The van der Waals surface area contributed by atoms with Gasteiger partial charge in [0.25, 0.3) is 5.56 Å². The van der Waals surface area contributed by atoms with Gasteiger partial charge >= 0.3 is 0 Å². The molecule has 210 valence electrons. The number of halogens is 1. The lowest BCUT2D eigenvalue weighted by Gasteiger charge is -2.16. The average molecular weight is 556 g/mol. The molecule has 3 aromatic carbocycles. The zero-order chi connectivity index (χ0) is 29.1. The molecule has 9 heteroatoms. The largest absolute Gasteiger partial charge is 0.497 e. The first-order chi connectivity index (χ1) is 19.8. The number of rotatable bonds is 10. The third-order valence-corrected chi connectivity index (χ3v) is 7.02. The zero-order valence-electron chi connectivity index (χ0n) is 23.0. The number of hydrogen-bond acceptors (Lipinski definition) is 6. The van der Waals surface area contributed by atoms with E-state index < -0.39 is 23.3 Å².